The first kappa shape index (κ1) is 13.1. The van der Waals surface area contributed by atoms with Crippen LogP contribution in [0.15, 0.2) is 30.3 Å². The molecule has 0 heterocycles. The Labute approximate surface area is 108 Å². The fourth-order valence-corrected chi connectivity index (χ4v) is 2.27. The van der Waals surface area contributed by atoms with Gasteiger partial charge in [0, 0.05) is 5.92 Å². The van der Waals surface area contributed by atoms with Gasteiger partial charge >= 0.3 is 0 Å². The number of hydrogen-bond donors (Lipinski definition) is 2. The molecular formula is C15H21NO2. The van der Waals surface area contributed by atoms with Crippen molar-refractivity contribution in [2.24, 2.45) is 11.8 Å². The molecule has 0 radical (unpaired) electrons. The highest BCUT2D eigenvalue weighted by atomic mass is 16.3. The molecule has 1 aliphatic rings. The molecule has 0 saturated heterocycles. The quantitative estimate of drug-likeness (QED) is 0.835. The zero-order valence-electron chi connectivity index (χ0n) is 11.0. The van der Waals surface area contributed by atoms with Gasteiger partial charge in [-0.1, -0.05) is 44.2 Å². The minimum absolute atomic E-state index is 0.00608. The highest BCUT2D eigenvalue weighted by molar-refractivity contribution is 5.83. The van der Waals surface area contributed by atoms with Crippen LogP contribution in [0, 0.1) is 11.8 Å². The third-order valence-electron chi connectivity index (χ3n) is 3.68. The van der Waals surface area contributed by atoms with Crippen LogP contribution in [-0.4, -0.2) is 23.7 Å². The van der Waals surface area contributed by atoms with Crippen molar-refractivity contribution in [3.63, 3.8) is 0 Å². The van der Waals surface area contributed by atoms with Crippen molar-refractivity contribution >= 4 is 5.91 Å². The smallest absolute Gasteiger partial charge is 0.224 e. The molecular weight excluding hydrogens is 226 g/mol. The third kappa shape index (κ3) is 2.91. The summed E-state index contributed by atoms with van der Waals surface area (Å²) in [6, 6.07) is 10.0. The molecule has 0 spiro atoms. The largest absolute Gasteiger partial charge is 0.394 e. The number of carbonyl (C=O) groups excluding carboxylic acids is 1. The molecule has 1 fully saturated rings. The normalized spacial score (nSPS) is 23.8. The number of aliphatic hydroxyl groups excluding tert-OH is 1. The Bertz CT molecular complexity index is 402. The zero-order valence-corrected chi connectivity index (χ0v) is 11.0. The molecule has 2 N–H and O–H groups in total. The van der Waals surface area contributed by atoms with Gasteiger partial charge in [-0.2, -0.15) is 0 Å². The van der Waals surface area contributed by atoms with E-state index in [2.05, 4.69) is 17.4 Å². The summed E-state index contributed by atoms with van der Waals surface area (Å²) in [7, 11) is 0. The highest BCUT2D eigenvalue weighted by Gasteiger charge is 2.44. The molecule has 98 valence electrons. The highest BCUT2D eigenvalue weighted by Crippen LogP contribution is 2.47. The zero-order chi connectivity index (χ0) is 13.1. The number of hydrogen-bond acceptors (Lipinski definition) is 2. The van der Waals surface area contributed by atoms with E-state index in [1.54, 1.807) is 0 Å². The second kappa shape index (κ2) is 5.53. The summed E-state index contributed by atoms with van der Waals surface area (Å²) in [5.74, 6) is 0.780. The van der Waals surface area contributed by atoms with E-state index < -0.39 is 0 Å². The maximum atomic E-state index is 12.0. The van der Waals surface area contributed by atoms with Crippen LogP contribution in [0.2, 0.25) is 0 Å². The molecule has 0 bridgehead atoms. The van der Waals surface area contributed by atoms with Crippen molar-refractivity contribution in [1.82, 2.24) is 5.32 Å². The molecule has 1 amide bonds. The van der Waals surface area contributed by atoms with Crippen molar-refractivity contribution in [3.8, 4) is 0 Å². The lowest BCUT2D eigenvalue weighted by atomic mass is 10.0. The summed E-state index contributed by atoms with van der Waals surface area (Å²) in [5.41, 5.74) is 1.24. The van der Waals surface area contributed by atoms with Gasteiger partial charge in [0.15, 0.2) is 0 Å². The first-order chi connectivity index (χ1) is 8.63. The van der Waals surface area contributed by atoms with Crippen LogP contribution in [0.1, 0.15) is 31.7 Å². The molecule has 2 rings (SSSR count). The van der Waals surface area contributed by atoms with Crippen molar-refractivity contribution in [2.75, 3.05) is 6.61 Å². The van der Waals surface area contributed by atoms with Crippen LogP contribution in [0.25, 0.3) is 0 Å². The van der Waals surface area contributed by atoms with Crippen molar-refractivity contribution in [1.29, 1.82) is 0 Å². The van der Waals surface area contributed by atoms with Gasteiger partial charge < -0.3 is 10.4 Å². The number of amides is 1. The van der Waals surface area contributed by atoms with E-state index in [4.69, 9.17) is 0 Å². The predicted molar refractivity (Wildman–Crippen MR) is 71.1 cm³/mol. The number of benzene rings is 1. The molecule has 0 aromatic heterocycles. The van der Waals surface area contributed by atoms with Crippen LogP contribution in [0.5, 0.6) is 0 Å². The maximum absolute atomic E-state index is 12.0. The van der Waals surface area contributed by atoms with E-state index in [1.807, 2.05) is 32.0 Å². The summed E-state index contributed by atoms with van der Waals surface area (Å²) in [4.78, 5) is 12.0. The lowest BCUT2D eigenvalue weighted by Crippen LogP contribution is -2.42. The Hall–Kier alpha value is -1.35. The molecule has 1 aromatic carbocycles. The molecule has 1 aromatic rings. The molecule has 1 aliphatic carbocycles. The van der Waals surface area contributed by atoms with E-state index >= 15 is 0 Å². The fourth-order valence-electron chi connectivity index (χ4n) is 2.27. The van der Waals surface area contributed by atoms with Gasteiger partial charge in [-0.25, -0.2) is 0 Å². The average molecular weight is 247 g/mol. The molecule has 18 heavy (non-hydrogen) atoms. The van der Waals surface area contributed by atoms with Gasteiger partial charge in [0.05, 0.1) is 12.6 Å². The number of aliphatic hydroxyl groups is 1. The molecule has 0 aliphatic heterocycles. The van der Waals surface area contributed by atoms with E-state index in [0.29, 0.717) is 5.92 Å². The summed E-state index contributed by atoms with van der Waals surface area (Å²) < 4.78 is 0. The third-order valence-corrected chi connectivity index (χ3v) is 3.68. The number of rotatable bonds is 5. The molecule has 1 unspecified atom stereocenters. The van der Waals surface area contributed by atoms with Crippen molar-refractivity contribution in [3.05, 3.63) is 35.9 Å². The van der Waals surface area contributed by atoms with Gasteiger partial charge in [-0.15, -0.1) is 0 Å². The summed E-state index contributed by atoms with van der Waals surface area (Å²) in [5, 5.41) is 12.2. The monoisotopic (exact) mass is 247 g/mol. The van der Waals surface area contributed by atoms with Crippen molar-refractivity contribution in [2.45, 2.75) is 32.2 Å². The fraction of sp³-hybridized carbons (Fsp3) is 0.533. The van der Waals surface area contributed by atoms with Crippen LogP contribution < -0.4 is 5.32 Å². The minimum Gasteiger partial charge on any atom is -0.394 e. The van der Waals surface area contributed by atoms with Gasteiger partial charge in [0.2, 0.25) is 5.91 Å². The van der Waals surface area contributed by atoms with Gasteiger partial charge in [-0.3, -0.25) is 4.79 Å². The topological polar surface area (TPSA) is 49.3 Å². The van der Waals surface area contributed by atoms with E-state index in [1.165, 1.54) is 5.56 Å². The van der Waals surface area contributed by atoms with E-state index in [0.717, 1.165) is 6.42 Å². The summed E-state index contributed by atoms with van der Waals surface area (Å²) >= 11 is 0. The van der Waals surface area contributed by atoms with Crippen LogP contribution in [0.4, 0.5) is 0 Å². The standard InChI is InChI=1S/C15H21NO2/c1-10(2)14(9-17)16-15(18)13-8-12(13)11-6-4-3-5-7-11/h3-7,10,12-14,17H,8-9H2,1-2H3,(H,16,18)/t12?,13-,14+/m1/s1. The van der Waals surface area contributed by atoms with Crippen LogP contribution in [0.3, 0.4) is 0 Å². The first-order valence-corrected chi connectivity index (χ1v) is 6.59. The Morgan fingerprint density at radius 3 is 2.61 bits per heavy atom. The molecule has 3 atom stereocenters. The summed E-state index contributed by atoms with van der Waals surface area (Å²) in [6.45, 7) is 4.01. The van der Waals surface area contributed by atoms with Crippen LogP contribution in [-0.2, 0) is 4.79 Å². The minimum atomic E-state index is -0.130. The first-order valence-electron chi connectivity index (χ1n) is 6.59. The average Bonchev–Trinajstić information content (AvgIpc) is 3.16. The van der Waals surface area contributed by atoms with Gasteiger partial charge in [-0.05, 0) is 23.8 Å². The number of carbonyl (C=O) groups is 1. The SMILES string of the molecule is CC(C)[C@H](CO)NC(=O)[C@@H]1CC1c1ccccc1. The van der Waals surface area contributed by atoms with Gasteiger partial charge in [0.25, 0.3) is 0 Å². The maximum Gasteiger partial charge on any atom is 0.224 e. The number of nitrogens with one attached hydrogen (secondary N) is 1. The summed E-state index contributed by atoms with van der Waals surface area (Å²) in [6.07, 6.45) is 0.923. The van der Waals surface area contributed by atoms with Crippen molar-refractivity contribution < 1.29 is 9.90 Å². The van der Waals surface area contributed by atoms with Gasteiger partial charge in [0.1, 0.15) is 0 Å². The van der Waals surface area contributed by atoms with E-state index in [9.17, 15) is 9.90 Å². The lowest BCUT2D eigenvalue weighted by Gasteiger charge is -2.19. The van der Waals surface area contributed by atoms with Crippen LogP contribution >= 0.6 is 0 Å². The van der Waals surface area contributed by atoms with E-state index in [-0.39, 0.29) is 30.4 Å². The molecule has 3 heteroatoms. The Morgan fingerprint density at radius 1 is 1.39 bits per heavy atom. The Balaban J connectivity index is 1.90. The predicted octanol–water partition coefficient (Wildman–Crippen LogP) is 1.92. The second-order valence-electron chi connectivity index (χ2n) is 5.40. The molecule has 1 saturated carbocycles. The Kier molecular flexibility index (Phi) is 4.02. The lowest BCUT2D eigenvalue weighted by molar-refractivity contribution is -0.123. The second-order valence-corrected chi connectivity index (χ2v) is 5.40. The molecule has 3 nitrogen and oxygen atoms in total. The Morgan fingerprint density at radius 2 is 2.06 bits per heavy atom.